The Morgan fingerprint density at radius 2 is 2.21 bits per heavy atom. The lowest BCUT2D eigenvalue weighted by Crippen LogP contribution is -2.28. The summed E-state index contributed by atoms with van der Waals surface area (Å²) in [4.78, 5) is 17.5. The number of rotatable bonds is 4. The second kappa shape index (κ2) is 7.20. The molecule has 3 aromatic rings. The van der Waals surface area contributed by atoms with Crippen molar-refractivity contribution in [2.45, 2.75) is 47.0 Å². The molecule has 0 saturated heterocycles. The van der Waals surface area contributed by atoms with Gasteiger partial charge >= 0.3 is 0 Å². The molecule has 1 aromatic carbocycles. The largest absolute Gasteiger partial charge is 0.492 e. The van der Waals surface area contributed by atoms with Crippen LogP contribution in [0.3, 0.4) is 0 Å². The summed E-state index contributed by atoms with van der Waals surface area (Å²) < 4.78 is 6.63. The lowest BCUT2D eigenvalue weighted by atomic mass is 9.71. The molecule has 1 aliphatic rings. The molecule has 1 unspecified atom stereocenters. The minimum atomic E-state index is -0.205. The van der Waals surface area contributed by atoms with Crippen LogP contribution in [0.4, 0.5) is 5.13 Å². The summed E-state index contributed by atoms with van der Waals surface area (Å²) in [6.07, 6.45) is 2.95. The van der Waals surface area contributed by atoms with Crippen molar-refractivity contribution in [1.29, 1.82) is 0 Å². The molecule has 0 spiro atoms. The van der Waals surface area contributed by atoms with Gasteiger partial charge in [0.25, 0.3) is 5.91 Å². The molecule has 2 aromatic heterocycles. The molecule has 1 aliphatic carbocycles. The predicted molar refractivity (Wildman–Crippen MR) is 112 cm³/mol. The van der Waals surface area contributed by atoms with E-state index >= 15 is 0 Å². The fourth-order valence-electron chi connectivity index (χ4n) is 3.83. The van der Waals surface area contributed by atoms with Gasteiger partial charge in [-0.15, -0.1) is 0 Å². The smallest absolute Gasteiger partial charge is 0.278 e. The lowest BCUT2D eigenvalue weighted by molar-refractivity contribution is 0.102. The first kappa shape index (κ1) is 18.9. The zero-order valence-electron chi connectivity index (χ0n) is 16.8. The minimum absolute atomic E-state index is 0.205. The average Bonchev–Trinajstić information content (AvgIpc) is 3.24. The first-order chi connectivity index (χ1) is 13.4. The molecule has 0 bridgehead atoms. The Bertz CT molecular complexity index is 1020. The van der Waals surface area contributed by atoms with Crippen molar-refractivity contribution in [3.63, 3.8) is 0 Å². The van der Waals surface area contributed by atoms with E-state index in [0.29, 0.717) is 23.4 Å². The standard InChI is InChI=1S/C21H26N4O2S/c1-5-27-15-7-6-8-16-18(15)22-20(28-16)23-19(26)17-13-11-12(21(2,3)4)9-10-14(13)24-25-17/h6-8,12H,5,9-11H2,1-4H3,(H,24,25)(H,22,23,26). The van der Waals surface area contributed by atoms with Crippen molar-refractivity contribution in [3.8, 4) is 5.75 Å². The Balaban J connectivity index is 1.58. The van der Waals surface area contributed by atoms with Gasteiger partial charge in [0.2, 0.25) is 0 Å². The molecule has 148 valence electrons. The lowest BCUT2D eigenvalue weighted by Gasteiger charge is -2.33. The number of aromatic amines is 1. The molecule has 1 atom stereocenters. The molecule has 2 heterocycles. The molecule has 4 rings (SSSR count). The van der Waals surface area contributed by atoms with E-state index in [1.165, 1.54) is 11.3 Å². The molecule has 0 aliphatic heterocycles. The van der Waals surface area contributed by atoms with E-state index in [-0.39, 0.29) is 11.3 Å². The van der Waals surface area contributed by atoms with Gasteiger partial charge in [0, 0.05) is 11.3 Å². The van der Waals surface area contributed by atoms with Gasteiger partial charge in [0.1, 0.15) is 11.3 Å². The maximum Gasteiger partial charge on any atom is 0.278 e. The zero-order valence-corrected chi connectivity index (χ0v) is 17.6. The molecule has 7 heteroatoms. The first-order valence-corrected chi connectivity index (χ1v) is 10.6. The second-order valence-electron chi connectivity index (χ2n) is 8.34. The Morgan fingerprint density at radius 1 is 1.39 bits per heavy atom. The van der Waals surface area contributed by atoms with Gasteiger partial charge < -0.3 is 4.74 Å². The molecule has 0 radical (unpaired) electrons. The number of hydrogen-bond donors (Lipinski definition) is 2. The van der Waals surface area contributed by atoms with Crippen molar-refractivity contribution >= 4 is 32.6 Å². The van der Waals surface area contributed by atoms with Crippen LogP contribution < -0.4 is 10.1 Å². The molecule has 2 N–H and O–H groups in total. The van der Waals surface area contributed by atoms with Crippen molar-refractivity contribution < 1.29 is 9.53 Å². The molecule has 0 saturated carbocycles. The van der Waals surface area contributed by atoms with Gasteiger partial charge in [-0.05, 0) is 49.7 Å². The van der Waals surface area contributed by atoms with Gasteiger partial charge in [-0.2, -0.15) is 5.10 Å². The SMILES string of the molecule is CCOc1cccc2sc(NC(=O)c3n[nH]c4c3CC(C(C)(C)C)CC4)nc12. The molecule has 6 nitrogen and oxygen atoms in total. The quantitative estimate of drug-likeness (QED) is 0.660. The number of anilines is 1. The van der Waals surface area contributed by atoms with Crippen LogP contribution in [-0.2, 0) is 12.8 Å². The van der Waals surface area contributed by atoms with Gasteiger partial charge in [0.05, 0.1) is 11.3 Å². The summed E-state index contributed by atoms with van der Waals surface area (Å²) in [5.74, 6) is 1.08. The highest BCUT2D eigenvalue weighted by atomic mass is 32.1. The Kier molecular flexibility index (Phi) is 4.87. The third kappa shape index (κ3) is 3.51. The van der Waals surface area contributed by atoms with Crippen LogP contribution in [0.25, 0.3) is 10.2 Å². The molecule has 1 amide bonds. The van der Waals surface area contributed by atoms with E-state index in [9.17, 15) is 4.79 Å². The summed E-state index contributed by atoms with van der Waals surface area (Å²) in [6.45, 7) is 9.31. The predicted octanol–water partition coefficient (Wildman–Crippen LogP) is 4.82. The van der Waals surface area contributed by atoms with E-state index < -0.39 is 0 Å². The van der Waals surface area contributed by atoms with Crippen LogP contribution in [0.5, 0.6) is 5.75 Å². The average molecular weight is 399 g/mol. The van der Waals surface area contributed by atoms with Crippen molar-refractivity contribution in [3.05, 3.63) is 35.2 Å². The van der Waals surface area contributed by atoms with E-state index in [2.05, 4.69) is 41.3 Å². The van der Waals surface area contributed by atoms with Crippen LogP contribution in [0.15, 0.2) is 18.2 Å². The summed E-state index contributed by atoms with van der Waals surface area (Å²) >= 11 is 1.44. The number of nitrogens with one attached hydrogen (secondary N) is 2. The molecular formula is C21H26N4O2S. The van der Waals surface area contributed by atoms with Crippen LogP contribution in [-0.4, -0.2) is 27.7 Å². The van der Waals surface area contributed by atoms with E-state index in [4.69, 9.17) is 4.74 Å². The number of nitrogens with zero attached hydrogens (tertiary/aromatic N) is 2. The van der Waals surface area contributed by atoms with E-state index in [1.807, 2.05) is 25.1 Å². The van der Waals surface area contributed by atoms with Gasteiger partial charge in [-0.3, -0.25) is 15.2 Å². The highest BCUT2D eigenvalue weighted by Crippen LogP contribution is 2.38. The van der Waals surface area contributed by atoms with E-state index in [0.717, 1.165) is 46.5 Å². The van der Waals surface area contributed by atoms with Gasteiger partial charge in [-0.25, -0.2) is 4.98 Å². The number of carbonyl (C=O) groups excluding carboxylic acids is 1. The summed E-state index contributed by atoms with van der Waals surface area (Å²) in [7, 11) is 0. The number of ether oxygens (including phenoxy) is 1. The Labute approximate surface area is 168 Å². The number of para-hydroxylation sites is 1. The summed E-state index contributed by atoms with van der Waals surface area (Å²) in [6, 6.07) is 5.82. The van der Waals surface area contributed by atoms with Crippen molar-refractivity contribution in [2.24, 2.45) is 11.3 Å². The topological polar surface area (TPSA) is 79.9 Å². The number of hydrogen-bond acceptors (Lipinski definition) is 5. The number of fused-ring (bicyclic) bond motifs is 2. The van der Waals surface area contributed by atoms with Gasteiger partial charge in [-0.1, -0.05) is 38.2 Å². The number of amides is 1. The highest BCUT2D eigenvalue weighted by molar-refractivity contribution is 7.22. The third-order valence-corrected chi connectivity index (χ3v) is 6.42. The Morgan fingerprint density at radius 3 is 2.96 bits per heavy atom. The van der Waals surface area contributed by atoms with Gasteiger partial charge in [0.15, 0.2) is 10.8 Å². The zero-order chi connectivity index (χ0) is 19.9. The Hall–Kier alpha value is -2.41. The van der Waals surface area contributed by atoms with Crippen LogP contribution in [0, 0.1) is 11.3 Å². The second-order valence-corrected chi connectivity index (χ2v) is 9.37. The maximum absolute atomic E-state index is 12.9. The maximum atomic E-state index is 12.9. The number of thiazole rings is 1. The number of H-pyrrole nitrogens is 1. The summed E-state index contributed by atoms with van der Waals surface area (Å²) in [5, 5.41) is 10.9. The fourth-order valence-corrected chi connectivity index (χ4v) is 4.71. The van der Waals surface area contributed by atoms with Crippen LogP contribution in [0.1, 0.15) is 55.9 Å². The van der Waals surface area contributed by atoms with Crippen molar-refractivity contribution in [1.82, 2.24) is 15.2 Å². The summed E-state index contributed by atoms with van der Waals surface area (Å²) in [5.41, 5.74) is 3.63. The molecule has 0 fully saturated rings. The number of aromatic nitrogens is 3. The number of aryl methyl sites for hydroxylation is 1. The fraction of sp³-hybridized carbons (Fsp3) is 0.476. The van der Waals surface area contributed by atoms with Crippen LogP contribution >= 0.6 is 11.3 Å². The normalized spacial score (nSPS) is 16.8. The first-order valence-electron chi connectivity index (χ1n) is 9.76. The monoisotopic (exact) mass is 398 g/mol. The molecular weight excluding hydrogens is 372 g/mol. The number of benzene rings is 1. The highest BCUT2D eigenvalue weighted by Gasteiger charge is 2.32. The van der Waals surface area contributed by atoms with E-state index in [1.54, 1.807) is 0 Å². The minimum Gasteiger partial charge on any atom is -0.492 e. The number of carbonyl (C=O) groups is 1. The molecule has 28 heavy (non-hydrogen) atoms. The van der Waals surface area contributed by atoms with Crippen molar-refractivity contribution in [2.75, 3.05) is 11.9 Å². The van der Waals surface area contributed by atoms with Crippen LogP contribution in [0.2, 0.25) is 0 Å². The third-order valence-electron chi connectivity index (χ3n) is 5.49.